The molecule has 1 aromatic rings. The lowest BCUT2D eigenvalue weighted by Crippen LogP contribution is -2.43. The lowest BCUT2D eigenvalue weighted by molar-refractivity contribution is -0.127. The normalized spacial score (nSPS) is 16.1. The molecule has 1 fully saturated rings. The Morgan fingerprint density at radius 2 is 2.14 bits per heavy atom. The van der Waals surface area contributed by atoms with Crippen molar-refractivity contribution in [2.45, 2.75) is 45.8 Å². The van der Waals surface area contributed by atoms with Crippen LogP contribution < -0.4 is 15.4 Å². The van der Waals surface area contributed by atoms with Gasteiger partial charge in [-0.3, -0.25) is 4.79 Å². The Morgan fingerprint density at radius 1 is 1.34 bits per heavy atom. The zero-order chi connectivity index (χ0) is 20.4. The van der Waals surface area contributed by atoms with Gasteiger partial charge >= 0.3 is 0 Å². The molecule has 1 atom stereocenters. The van der Waals surface area contributed by atoms with Gasteiger partial charge in [-0.15, -0.1) is 24.0 Å². The van der Waals surface area contributed by atoms with E-state index in [2.05, 4.69) is 47.7 Å². The van der Waals surface area contributed by atoms with E-state index in [9.17, 15) is 4.79 Å². The van der Waals surface area contributed by atoms with Gasteiger partial charge in [-0.25, -0.2) is 4.99 Å². The van der Waals surface area contributed by atoms with Crippen LogP contribution in [0.25, 0.3) is 0 Å². The van der Waals surface area contributed by atoms with E-state index in [4.69, 9.17) is 9.47 Å². The van der Waals surface area contributed by atoms with Crippen molar-refractivity contribution in [1.29, 1.82) is 0 Å². The highest BCUT2D eigenvalue weighted by Gasteiger charge is 2.18. The second kappa shape index (κ2) is 13.6. The second-order valence-electron chi connectivity index (χ2n) is 7.30. The molecule has 2 rings (SSSR count). The Morgan fingerprint density at radius 3 is 2.79 bits per heavy atom. The molecule has 0 bridgehead atoms. The number of carbonyl (C=O) groups excluding carboxylic acids is 1. The number of guanidine groups is 1. The average molecular weight is 518 g/mol. The Bertz CT molecular complexity index is 661. The first-order chi connectivity index (χ1) is 13.5. The molecule has 1 aliphatic heterocycles. The highest BCUT2D eigenvalue weighted by Crippen LogP contribution is 2.24. The van der Waals surface area contributed by atoms with Crippen molar-refractivity contribution in [2.75, 3.05) is 40.4 Å². The Labute approximate surface area is 191 Å². The maximum Gasteiger partial charge on any atom is 0.241 e. The number of benzene rings is 1. The molecule has 0 aromatic heterocycles. The maximum absolute atomic E-state index is 11.9. The summed E-state index contributed by atoms with van der Waals surface area (Å²) in [6.07, 6.45) is 3.15. The number of nitrogens with one attached hydrogen (secondary N) is 2. The molecule has 1 heterocycles. The lowest BCUT2D eigenvalue weighted by Gasteiger charge is -2.17. The van der Waals surface area contributed by atoms with E-state index in [0.717, 1.165) is 49.3 Å². The lowest BCUT2D eigenvalue weighted by atomic mass is 10.1. The summed E-state index contributed by atoms with van der Waals surface area (Å²) in [5, 5.41) is 6.42. The number of amides is 1. The average Bonchev–Trinajstić information content (AvgIpc) is 3.17. The highest BCUT2D eigenvalue weighted by atomic mass is 127. The number of ether oxygens (including phenoxy) is 2. The van der Waals surface area contributed by atoms with Gasteiger partial charge in [0.15, 0.2) is 5.96 Å². The van der Waals surface area contributed by atoms with Crippen LogP contribution in [0.1, 0.15) is 37.3 Å². The first-order valence-corrected chi connectivity index (χ1v) is 10.1. The number of carbonyl (C=O) groups is 1. The van der Waals surface area contributed by atoms with E-state index in [0.29, 0.717) is 19.1 Å². The Kier molecular flexibility index (Phi) is 12.0. The van der Waals surface area contributed by atoms with Crippen LogP contribution in [0.3, 0.4) is 0 Å². The van der Waals surface area contributed by atoms with Crippen molar-refractivity contribution < 1.29 is 14.3 Å². The van der Waals surface area contributed by atoms with Crippen molar-refractivity contribution in [1.82, 2.24) is 15.5 Å². The van der Waals surface area contributed by atoms with Crippen LogP contribution >= 0.6 is 24.0 Å². The van der Waals surface area contributed by atoms with E-state index < -0.39 is 0 Å². The predicted octanol–water partition coefficient (Wildman–Crippen LogP) is 2.70. The first-order valence-electron chi connectivity index (χ1n) is 10.1. The van der Waals surface area contributed by atoms with Crippen LogP contribution in [0.5, 0.6) is 5.75 Å². The molecule has 1 aliphatic rings. The van der Waals surface area contributed by atoms with E-state index in [1.54, 1.807) is 19.0 Å². The Balaban J connectivity index is 0.00000420. The summed E-state index contributed by atoms with van der Waals surface area (Å²) in [6.45, 7) is 7.08. The van der Waals surface area contributed by atoms with Gasteiger partial charge in [0.1, 0.15) is 11.9 Å². The number of nitrogens with zero attached hydrogens (tertiary/aromatic N) is 2. The molecule has 164 valence electrons. The third-order valence-corrected chi connectivity index (χ3v) is 4.54. The summed E-state index contributed by atoms with van der Waals surface area (Å²) in [7, 11) is 3.49. The van der Waals surface area contributed by atoms with Gasteiger partial charge in [0, 0.05) is 32.6 Å². The van der Waals surface area contributed by atoms with Gasteiger partial charge in [0.05, 0.1) is 26.3 Å². The molecule has 0 aliphatic carbocycles. The molecule has 1 unspecified atom stereocenters. The predicted molar refractivity (Wildman–Crippen MR) is 127 cm³/mol. The van der Waals surface area contributed by atoms with Crippen molar-refractivity contribution in [3.05, 3.63) is 29.3 Å². The maximum atomic E-state index is 11.9. The van der Waals surface area contributed by atoms with E-state index in [1.807, 2.05) is 0 Å². The molecular weight excluding hydrogens is 483 g/mol. The number of aliphatic imine (C=N–C) groups is 1. The van der Waals surface area contributed by atoms with Crippen LogP contribution in [-0.4, -0.2) is 63.3 Å². The largest absolute Gasteiger partial charge is 0.488 e. The zero-order valence-electron chi connectivity index (χ0n) is 18.0. The summed E-state index contributed by atoms with van der Waals surface area (Å²) in [4.78, 5) is 18.1. The molecule has 0 spiro atoms. The van der Waals surface area contributed by atoms with Crippen molar-refractivity contribution in [3.8, 4) is 5.75 Å². The number of unbranched alkanes of at least 4 members (excludes halogenated alkanes) is 1. The van der Waals surface area contributed by atoms with Gasteiger partial charge in [-0.05, 0) is 25.0 Å². The smallest absolute Gasteiger partial charge is 0.241 e. The molecule has 29 heavy (non-hydrogen) atoms. The molecular formula is C21H35IN4O3. The van der Waals surface area contributed by atoms with Crippen LogP contribution in [0, 0.1) is 6.92 Å². The van der Waals surface area contributed by atoms with E-state index in [1.165, 1.54) is 0 Å². The summed E-state index contributed by atoms with van der Waals surface area (Å²) in [5.74, 6) is 1.50. The van der Waals surface area contributed by atoms with Crippen LogP contribution in [-0.2, 0) is 16.1 Å². The molecule has 1 amide bonds. The Hall–Kier alpha value is -1.55. The van der Waals surface area contributed by atoms with Gasteiger partial charge in [-0.2, -0.15) is 0 Å². The number of halogens is 1. The minimum absolute atomic E-state index is 0. The zero-order valence-corrected chi connectivity index (χ0v) is 20.3. The number of aryl methyl sites for hydroxylation is 1. The number of likely N-dealkylation sites (N-methyl/N-ethyl adjacent to an activating group) is 1. The summed E-state index contributed by atoms with van der Waals surface area (Å²) >= 11 is 0. The number of hydrogen-bond donors (Lipinski definition) is 2. The minimum Gasteiger partial charge on any atom is -0.488 e. The van der Waals surface area contributed by atoms with E-state index in [-0.39, 0.29) is 42.5 Å². The van der Waals surface area contributed by atoms with Crippen LogP contribution in [0.2, 0.25) is 0 Å². The molecule has 1 aromatic carbocycles. The van der Waals surface area contributed by atoms with Crippen molar-refractivity contribution >= 4 is 35.8 Å². The van der Waals surface area contributed by atoms with Crippen LogP contribution in [0.15, 0.2) is 23.2 Å². The van der Waals surface area contributed by atoms with Gasteiger partial charge < -0.3 is 25.0 Å². The molecule has 8 heteroatoms. The third kappa shape index (κ3) is 9.20. The SMILES string of the molecule is CCCCNC(=NCc1ccc(C)cc1OC1CCOC1)NCC(=O)N(C)C.I. The topological polar surface area (TPSA) is 75.2 Å². The summed E-state index contributed by atoms with van der Waals surface area (Å²) in [6, 6.07) is 6.17. The first kappa shape index (κ1) is 25.5. The highest BCUT2D eigenvalue weighted by molar-refractivity contribution is 14.0. The van der Waals surface area contributed by atoms with Crippen LogP contribution in [0.4, 0.5) is 0 Å². The quantitative estimate of drug-likeness (QED) is 0.228. The number of hydrogen-bond acceptors (Lipinski definition) is 4. The third-order valence-electron chi connectivity index (χ3n) is 4.54. The molecule has 2 N–H and O–H groups in total. The minimum atomic E-state index is 0. The van der Waals surface area contributed by atoms with Gasteiger partial charge in [0.2, 0.25) is 5.91 Å². The fourth-order valence-electron chi connectivity index (χ4n) is 2.73. The standard InChI is InChI=1S/C21H34N4O3.HI/c1-5-6-10-22-21(24-14-20(26)25(3)4)23-13-17-8-7-16(2)12-19(17)28-18-9-11-27-15-18;/h7-8,12,18H,5-6,9-11,13-15H2,1-4H3,(H2,22,23,24);1H. The summed E-state index contributed by atoms with van der Waals surface area (Å²) < 4.78 is 11.6. The van der Waals surface area contributed by atoms with E-state index >= 15 is 0 Å². The molecule has 7 nitrogen and oxygen atoms in total. The number of rotatable bonds is 9. The second-order valence-corrected chi connectivity index (χ2v) is 7.30. The monoisotopic (exact) mass is 518 g/mol. The fourth-order valence-corrected chi connectivity index (χ4v) is 2.73. The van der Waals surface area contributed by atoms with Gasteiger partial charge in [0.25, 0.3) is 0 Å². The fraction of sp³-hybridized carbons (Fsp3) is 0.619. The summed E-state index contributed by atoms with van der Waals surface area (Å²) in [5.41, 5.74) is 2.17. The van der Waals surface area contributed by atoms with Gasteiger partial charge in [-0.1, -0.05) is 25.5 Å². The van der Waals surface area contributed by atoms with Crippen molar-refractivity contribution in [3.63, 3.8) is 0 Å². The van der Waals surface area contributed by atoms with Crippen molar-refractivity contribution in [2.24, 2.45) is 4.99 Å². The molecule has 0 saturated carbocycles. The molecule has 0 radical (unpaired) electrons. The molecule has 1 saturated heterocycles.